The Balaban J connectivity index is 1.67. The van der Waals surface area contributed by atoms with Gasteiger partial charge in [-0.3, -0.25) is 9.59 Å². The molecule has 0 radical (unpaired) electrons. The zero-order chi connectivity index (χ0) is 16.5. The molecule has 1 heterocycles. The number of carbonyl (C=O) groups is 2. The molecule has 0 unspecified atom stereocenters. The summed E-state index contributed by atoms with van der Waals surface area (Å²) < 4.78 is 0. The van der Waals surface area contributed by atoms with Gasteiger partial charge in [-0.2, -0.15) is 0 Å². The lowest BCUT2D eigenvalue weighted by Gasteiger charge is -2.27. The van der Waals surface area contributed by atoms with Crippen LogP contribution in [0.25, 0.3) is 0 Å². The van der Waals surface area contributed by atoms with Crippen molar-refractivity contribution in [3.05, 3.63) is 35.4 Å². The summed E-state index contributed by atoms with van der Waals surface area (Å²) in [6.45, 7) is 7.97. The Kier molecular flexibility index (Phi) is 7.03. The maximum Gasteiger partial charge on any atom is 0.251 e. The minimum absolute atomic E-state index is 0.0450. The van der Waals surface area contributed by atoms with E-state index in [-0.39, 0.29) is 11.8 Å². The Morgan fingerprint density at radius 2 is 1.83 bits per heavy atom. The summed E-state index contributed by atoms with van der Waals surface area (Å²) in [6, 6.07) is 7.32. The molecular formula is C17H26N4O2. The quantitative estimate of drug-likeness (QED) is 0.634. The molecule has 1 fully saturated rings. The second-order valence-corrected chi connectivity index (χ2v) is 5.81. The van der Waals surface area contributed by atoms with Crippen molar-refractivity contribution in [2.45, 2.75) is 19.9 Å². The molecule has 1 aromatic carbocycles. The summed E-state index contributed by atoms with van der Waals surface area (Å²) in [5.74, 6) is -0.104. The molecule has 1 saturated heterocycles. The van der Waals surface area contributed by atoms with Gasteiger partial charge in [0.2, 0.25) is 5.91 Å². The number of nitrogens with zero attached hydrogens (tertiary/aromatic N) is 1. The number of hydrogen-bond donors (Lipinski definition) is 3. The molecule has 23 heavy (non-hydrogen) atoms. The number of benzene rings is 1. The van der Waals surface area contributed by atoms with E-state index in [9.17, 15) is 9.59 Å². The van der Waals surface area contributed by atoms with Gasteiger partial charge < -0.3 is 20.9 Å². The molecule has 0 saturated carbocycles. The van der Waals surface area contributed by atoms with Gasteiger partial charge in [0, 0.05) is 51.8 Å². The summed E-state index contributed by atoms with van der Waals surface area (Å²) in [5.41, 5.74) is 1.63. The third-order valence-electron chi connectivity index (χ3n) is 3.90. The van der Waals surface area contributed by atoms with Gasteiger partial charge in [-0.25, -0.2) is 0 Å². The summed E-state index contributed by atoms with van der Waals surface area (Å²) >= 11 is 0. The molecule has 3 N–H and O–H groups in total. The van der Waals surface area contributed by atoms with Crippen molar-refractivity contribution in [2.75, 3.05) is 39.3 Å². The van der Waals surface area contributed by atoms with E-state index in [4.69, 9.17) is 0 Å². The third kappa shape index (κ3) is 6.38. The molecule has 0 aliphatic carbocycles. The largest absolute Gasteiger partial charge is 0.352 e. The van der Waals surface area contributed by atoms with E-state index >= 15 is 0 Å². The molecule has 1 aliphatic rings. The Morgan fingerprint density at radius 1 is 1.13 bits per heavy atom. The molecule has 0 spiro atoms. The van der Waals surface area contributed by atoms with Crippen molar-refractivity contribution in [3.63, 3.8) is 0 Å². The summed E-state index contributed by atoms with van der Waals surface area (Å²) in [6.07, 6.45) is 0.965. The van der Waals surface area contributed by atoms with Crippen LogP contribution in [0.1, 0.15) is 29.3 Å². The van der Waals surface area contributed by atoms with Crippen LogP contribution in [0.3, 0.4) is 0 Å². The first-order chi connectivity index (χ1) is 11.1. The number of amides is 2. The number of nitrogens with one attached hydrogen (secondary N) is 3. The average Bonchev–Trinajstić information content (AvgIpc) is 2.58. The summed E-state index contributed by atoms with van der Waals surface area (Å²) in [5, 5.41) is 9.02. The molecule has 2 rings (SSSR count). The Morgan fingerprint density at radius 3 is 2.48 bits per heavy atom. The van der Waals surface area contributed by atoms with Crippen LogP contribution in [-0.2, 0) is 11.3 Å². The molecule has 1 aromatic rings. The van der Waals surface area contributed by atoms with E-state index in [0.717, 1.165) is 44.7 Å². The van der Waals surface area contributed by atoms with E-state index in [0.29, 0.717) is 18.7 Å². The van der Waals surface area contributed by atoms with Gasteiger partial charge in [-0.1, -0.05) is 12.1 Å². The van der Waals surface area contributed by atoms with E-state index in [1.807, 2.05) is 12.1 Å². The van der Waals surface area contributed by atoms with Crippen LogP contribution in [0.4, 0.5) is 0 Å². The fourth-order valence-corrected chi connectivity index (χ4v) is 2.54. The van der Waals surface area contributed by atoms with Crippen molar-refractivity contribution >= 4 is 11.8 Å². The first-order valence-electron chi connectivity index (χ1n) is 8.20. The molecule has 2 amide bonds. The van der Waals surface area contributed by atoms with Crippen molar-refractivity contribution in [2.24, 2.45) is 0 Å². The predicted octanol–water partition coefficient (Wildman–Crippen LogP) is 0.348. The highest BCUT2D eigenvalue weighted by atomic mass is 16.2. The maximum atomic E-state index is 12.1. The van der Waals surface area contributed by atoms with Gasteiger partial charge in [-0.05, 0) is 30.7 Å². The Hall–Kier alpha value is -1.92. The zero-order valence-electron chi connectivity index (χ0n) is 13.7. The predicted molar refractivity (Wildman–Crippen MR) is 90.2 cm³/mol. The third-order valence-corrected chi connectivity index (χ3v) is 3.90. The fraction of sp³-hybridized carbons (Fsp3) is 0.529. The highest BCUT2D eigenvalue weighted by molar-refractivity contribution is 5.94. The summed E-state index contributed by atoms with van der Waals surface area (Å²) in [4.78, 5) is 25.4. The van der Waals surface area contributed by atoms with Crippen LogP contribution in [0.15, 0.2) is 24.3 Å². The van der Waals surface area contributed by atoms with Crippen molar-refractivity contribution in [3.8, 4) is 0 Å². The second kappa shape index (κ2) is 9.27. The van der Waals surface area contributed by atoms with E-state index < -0.39 is 0 Å². The standard InChI is InChI=1S/C17H26N4O2/c1-14(22)20-13-15-3-5-16(6-4-15)17(23)19-7-2-10-21-11-8-18-9-12-21/h3-6,18H,2,7-13H2,1H3,(H,19,23)(H,20,22). The van der Waals surface area contributed by atoms with Crippen LogP contribution in [0.2, 0.25) is 0 Å². The van der Waals surface area contributed by atoms with Crippen molar-refractivity contribution in [1.29, 1.82) is 0 Å². The van der Waals surface area contributed by atoms with Crippen molar-refractivity contribution < 1.29 is 9.59 Å². The molecule has 126 valence electrons. The van der Waals surface area contributed by atoms with Gasteiger partial charge in [0.25, 0.3) is 5.91 Å². The normalized spacial score (nSPS) is 15.2. The van der Waals surface area contributed by atoms with Gasteiger partial charge in [0.05, 0.1) is 0 Å². The monoisotopic (exact) mass is 318 g/mol. The van der Waals surface area contributed by atoms with Gasteiger partial charge in [0.1, 0.15) is 0 Å². The Labute approximate surface area is 137 Å². The number of piperazine rings is 1. The molecule has 6 heteroatoms. The molecular weight excluding hydrogens is 292 g/mol. The summed E-state index contributed by atoms with van der Waals surface area (Å²) in [7, 11) is 0. The van der Waals surface area contributed by atoms with Crippen LogP contribution in [0.5, 0.6) is 0 Å². The van der Waals surface area contributed by atoms with Crippen LogP contribution >= 0.6 is 0 Å². The van der Waals surface area contributed by atoms with Crippen LogP contribution < -0.4 is 16.0 Å². The second-order valence-electron chi connectivity index (χ2n) is 5.81. The molecule has 0 atom stereocenters. The first kappa shape index (κ1) is 17.4. The van der Waals surface area contributed by atoms with E-state index in [2.05, 4.69) is 20.9 Å². The highest BCUT2D eigenvalue weighted by Crippen LogP contribution is 2.04. The lowest BCUT2D eigenvalue weighted by molar-refractivity contribution is -0.119. The lowest BCUT2D eigenvalue weighted by atomic mass is 10.1. The topological polar surface area (TPSA) is 73.5 Å². The average molecular weight is 318 g/mol. The Bertz CT molecular complexity index is 510. The minimum Gasteiger partial charge on any atom is -0.352 e. The van der Waals surface area contributed by atoms with E-state index in [1.165, 1.54) is 6.92 Å². The lowest BCUT2D eigenvalue weighted by Crippen LogP contribution is -2.44. The molecule has 0 aromatic heterocycles. The fourth-order valence-electron chi connectivity index (χ4n) is 2.54. The van der Waals surface area contributed by atoms with Gasteiger partial charge in [0.15, 0.2) is 0 Å². The molecule has 0 bridgehead atoms. The highest BCUT2D eigenvalue weighted by Gasteiger charge is 2.09. The smallest absolute Gasteiger partial charge is 0.251 e. The number of rotatable bonds is 7. The van der Waals surface area contributed by atoms with Crippen molar-refractivity contribution in [1.82, 2.24) is 20.9 Å². The zero-order valence-corrected chi connectivity index (χ0v) is 13.7. The minimum atomic E-state index is -0.0590. The number of hydrogen-bond acceptors (Lipinski definition) is 4. The SMILES string of the molecule is CC(=O)NCc1ccc(C(=O)NCCCN2CCNCC2)cc1. The van der Waals surface area contributed by atoms with Crippen LogP contribution in [0, 0.1) is 0 Å². The maximum absolute atomic E-state index is 12.1. The first-order valence-corrected chi connectivity index (χ1v) is 8.20. The van der Waals surface area contributed by atoms with Gasteiger partial charge in [-0.15, -0.1) is 0 Å². The molecule has 6 nitrogen and oxygen atoms in total. The van der Waals surface area contributed by atoms with E-state index in [1.54, 1.807) is 12.1 Å². The molecule has 1 aliphatic heterocycles. The number of carbonyl (C=O) groups excluding carboxylic acids is 2. The van der Waals surface area contributed by atoms with Gasteiger partial charge >= 0.3 is 0 Å². The van der Waals surface area contributed by atoms with Crippen LogP contribution in [-0.4, -0.2) is 56.0 Å².